The van der Waals surface area contributed by atoms with Crippen molar-refractivity contribution in [1.82, 2.24) is 9.97 Å². The fraction of sp³-hybridized carbons (Fsp3) is 0.333. The van der Waals surface area contributed by atoms with Crippen LogP contribution in [0, 0.1) is 0 Å². The fourth-order valence-electron chi connectivity index (χ4n) is 2.53. The van der Waals surface area contributed by atoms with Gasteiger partial charge in [0.25, 0.3) is 0 Å². The average molecular weight is 271 g/mol. The smallest absolute Gasteiger partial charge is 0.228 e. The number of nitrogens with zero attached hydrogens (tertiary/aromatic N) is 3. The van der Waals surface area contributed by atoms with Gasteiger partial charge in [0.1, 0.15) is 5.75 Å². The maximum absolute atomic E-state index is 5.42. The van der Waals surface area contributed by atoms with Crippen molar-refractivity contribution in [2.75, 3.05) is 25.7 Å². The van der Waals surface area contributed by atoms with Gasteiger partial charge in [-0.05, 0) is 18.1 Å². The van der Waals surface area contributed by atoms with Crippen LogP contribution in [-0.2, 0) is 13.0 Å². The molecule has 0 fully saturated rings. The summed E-state index contributed by atoms with van der Waals surface area (Å²) in [6, 6.07) is 7.92. The van der Waals surface area contributed by atoms with Gasteiger partial charge in [0.05, 0.1) is 14.2 Å². The van der Waals surface area contributed by atoms with Gasteiger partial charge < -0.3 is 14.4 Å². The summed E-state index contributed by atoms with van der Waals surface area (Å²) in [4.78, 5) is 10.9. The minimum atomic E-state index is 0.589. The third-order valence-corrected chi connectivity index (χ3v) is 3.55. The molecular formula is C15H17N3O2. The minimum absolute atomic E-state index is 0.589. The second-order valence-corrected chi connectivity index (χ2v) is 4.67. The standard InChI is InChI=1S/C15H17N3O2/c1-19-13-5-3-4-11-10-18(9-7-12(11)13)15-16-8-6-14(17-15)20-2/h3-6,8H,7,9-10H2,1-2H3. The first-order valence-corrected chi connectivity index (χ1v) is 6.58. The lowest BCUT2D eigenvalue weighted by Crippen LogP contribution is -2.32. The number of aromatic nitrogens is 2. The highest BCUT2D eigenvalue weighted by Gasteiger charge is 2.21. The molecule has 20 heavy (non-hydrogen) atoms. The van der Waals surface area contributed by atoms with Gasteiger partial charge in [-0.3, -0.25) is 0 Å². The molecule has 0 unspecified atom stereocenters. The first kappa shape index (κ1) is 12.7. The van der Waals surface area contributed by atoms with Gasteiger partial charge in [-0.25, -0.2) is 4.98 Å². The Bertz CT molecular complexity index is 616. The Morgan fingerprint density at radius 1 is 1.15 bits per heavy atom. The first-order chi connectivity index (χ1) is 9.81. The molecule has 1 aromatic carbocycles. The Kier molecular flexibility index (Phi) is 3.41. The second kappa shape index (κ2) is 5.36. The van der Waals surface area contributed by atoms with Crippen molar-refractivity contribution in [2.24, 2.45) is 0 Å². The van der Waals surface area contributed by atoms with E-state index in [0.29, 0.717) is 11.8 Å². The van der Waals surface area contributed by atoms with Crippen LogP contribution >= 0.6 is 0 Å². The van der Waals surface area contributed by atoms with Gasteiger partial charge in [0.15, 0.2) is 0 Å². The number of hydrogen-bond acceptors (Lipinski definition) is 5. The Morgan fingerprint density at radius 3 is 2.85 bits per heavy atom. The third-order valence-electron chi connectivity index (χ3n) is 3.55. The average Bonchev–Trinajstić information content (AvgIpc) is 2.53. The minimum Gasteiger partial charge on any atom is -0.496 e. The van der Waals surface area contributed by atoms with Crippen molar-refractivity contribution in [1.29, 1.82) is 0 Å². The molecule has 1 aliphatic rings. The number of hydrogen-bond donors (Lipinski definition) is 0. The third kappa shape index (κ3) is 2.27. The highest BCUT2D eigenvalue weighted by Crippen LogP contribution is 2.29. The number of anilines is 1. The van der Waals surface area contributed by atoms with Crippen LogP contribution < -0.4 is 14.4 Å². The van der Waals surface area contributed by atoms with Crippen LogP contribution in [0.5, 0.6) is 11.6 Å². The summed E-state index contributed by atoms with van der Waals surface area (Å²) in [5, 5.41) is 0. The van der Waals surface area contributed by atoms with Crippen LogP contribution in [0.1, 0.15) is 11.1 Å². The summed E-state index contributed by atoms with van der Waals surface area (Å²) in [6.45, 7) is 1.67. The van der Waals surface area contributed by atoms with Gasteiger partial charge >= 0.3 is 0 Å². The van der Waals surface area contributed by atoms with E-state index in [0.717, 1.165) is 25.3 Å². The van der Waals surface area contributed by atoms with E-state index < -0.39 is 0 Å². The van der Waals surface area contributed by atoms with Crippen LogP contribution in [0.4, 0.5) is 5.95 Å². The van der Waals surface area contributed by atoms with Gasteiger partial charge in [-0.15, -0.1) is 0 Å². The molecule has 3 rings (SSSR count). The highest BCUT2D eigenvalue weighted by atomic mass is 16.5. The number of rotatable bonds is 3. The van der Waals surface area contributed by atoms with Crippen molar-refractivity contribution in [3.8, 4) is 11.6 Å². The molecule has 104 valence electrons. The Hall–Kier alpha value is -2.30. The van der Waals surface area contributed by atoms with E-state index in [4.69, 9.17) is 9.47 Å². The second-order valence-electron chi connectivity index (χ2n) is 4.67. The monoisotopic (exact) mass is 271 g/mol. The summed E-state index contributed by atoms with van der Waals surface area (Å²) in [6.07, 6.45) is 2.65. The summed E-state index contributed by atoms with van der Waals surface area (Å²) in [5.41, 5.74) is 2.55. The predicted molar refractivity (Wildman–Crippen MR) is 76.3 cm³/mol. The first-order valence-electron chi connectivity index (χ1n) is 6.58. The highest BCUT2D eigenvalue weighted by molar-refractivity contribution is 5.46. The number of benzene rings is 1. The lowest BCUT2D eigenvalue weighted by atomic mass is 9.99. The predicted octanol–water partition coefficient (Wildman–Crippen LogP) is 2.06. The van der Waals surface area contributed by atoms with E-state index in [1.165, 1.54) is 11.1 Å². The van der Waals surface area contributed by atoms with Gasteiger partial charge in [0, 0.05) is 30.9 Å². The van der Waals surface area contributed by atoms with Crippen LogP contribution in [0.3, 0.4) is 0 Å². The van der Waals surface area contributed by atoms with E-state index in [2.05, 4.69) is 20.9 Å². The Morgan fingerprint density at radius 2 is 2.05 bits per heavy atom. The van der Waals surface area contributed by atoms with E-state index in [1.54, 1.807) is 26.5 Å². The number of fused-ring (bicyclic) bond motifs is 1. The fourth-order valence-corrected chi connectivity index (χ4v) is 2.53. The molecule has 5 heteroatoms. The van der Waals surface area contributed by atoms with Crippen LogP contribution in [-0.4, -0.2) is 30.7 Å². The molecular weight excluding hydrogens is 254 g/mol. The number of methoxy groups -OCH3 is 2. The zero-order valence-corrected chi connectivity index (χ0v) is 11.7. The lowest BCUT2D eigenvalue weighted by molar-refractivity contribution is 0.396. The van der Waals surface area contributed by atoms with Crippen molar-refractivity contribution in [2.45, 2.75) is 13.0 Å². The maximum Gasteiger partial charge on any atom is 0.228 e. The van der Waals surface area contributed by atoms with Crippen molar-refractivity contribution >= 4 is 5.95 Å². The zero-order valence-electron chi connectivity index (χ0n) is 11.7. The molecule has 0 spiro atoms. The molecule has 0 N–H and O–H groups in total. The zero-order chi connectivity index (χ0) is 13.9. The molecule has 0 atom stereocenters. The molecule has 0 aliphatic carbocycles. The molecule has 0 bridgehead atoms. The largest absolute Gasteiger partial charge is 0.496 e. The van der Waals surface area contributed by atoms with E-state index in [1.807, 2.05) is 12.1 Å². The molecule has 2 heterocycles. The summed E-state index contributed by atoms with van der Waals surface area (Å²) >= 11 is 0. The van der Waals surface area contributed by atoms with Gasteiger partial charge in [-0.2, -0.15) is 4.98 Å². The quantitative estimate of drug-likeness (QED) is 0.855. The van der Waals surface area contributed by atoms with Crippen LogP contribution in [0.25, 0.3) is 0 Å². The molecule has 0 radical (unpaired) electrons. The molecule has 1 aromatic heterocycles. The molecule has 0 saturated carbocycles. The van der Waals surface area contributed by atoms with Crippen molar-refractivity contribution in [3.63, 3.8) is 0 Å². The molecule has 2 aromatic rings. The van der Waals surface area contributed by atoms with E-state index >= 15 is 0 Å². The molecule has 1 aliphatic heterocycles. The Balaban J connectivity index is 1.88. The Labute approximate surface area is 118 Å². The lowest BCUT2D eigenvalue weighted by Gasteiger charge is -2.29. The summed E-state index contributed by atoms with van der Waals surface area (Å²) < 4.78 is 10.6. The maximum atomic E-state index is 5.42. The SMILES string of the molecule is COc1ccnc(N2CCc3c(cccc3OC)C2)n1. The summed E-state index contributed by atoms with van der Waals surface area (Å²) in [7, 11) is 3.33. The number of ether oxygens (including phenoxy) is 2. The topological polar surface area (TPSA) is 47.5 Å². The van der Waals surface area contributed by atoms with Crippen LogP contribution in [0.15, 0.2) is 30.5 Å². The molecule has 0 saturated heterocycles. The van der Waals surface area contributed by atoms with Gasteiger partial charge in [-0.1, -0.05) is 12.1 Å². The van der Waals surface area contributed by atoms with E-state index in [9.17, 15) is 0 Å². The molecule has 0 amide bonds. The van der Waals surface area contributed by atoms with Crippen molar-refractivity contribution in [3.05, 3.63) is 41.6 Å². The normalized spacial score (nSPS) is 13.8. The van der Waals surface area contributed by atoms with Crippen LogP contribution in [0.2, 0.25) is 0 Å². The summed E-state index contributed by atoms with van der Waals surface area (Å²) in [5.74, 6) is 2.26. The van der Waals surface area contributed by atoms with Crippen molar-refractivity contribution < 1.29 is 9.47 Å². The van der Waals surface area contributed by atoms with Gasteiger partial charge in [0.2, 0.25) is 11.8 Å². The van der Waals surface area contributed by atoms with E-state index in [-0.39, 0.29) is 0 Å². The molecule has 5 nitrogen and oxygen atoms in total.